The monoisotopic (exact) mass is 542 g/mol. The molecule has 0 spiro atoms. The largest absolute Gasteiger partial charge is 0.480 e. The maximum Gasteiger partial charge on any atom is 0.478 e. The molecule has 7 atom stereocenters. The maximum atomic E-state index is 12.0. The molecule has 1 rings (SSSR count). The molecule has 0 aromatic rings. The van der Waals surface area contributed by atoms with Crippen LogP contribution in [-0.2, 0) is 37.3 Å². The van der Waals surface area contributed by atoms with E-state index < -0.39 is 82.8 Å². The zero-order valence-corrected chi connectivity index (χ0v) is 19.8. The van der Waals surface area contributed by atoms with Gasteiger partial charge in [0.25, 0.3) is 0 Å². The molecule has 2 amide bonds. The fourth-order valence-electron chi connectivity index (χ4n) is 2.46. The van der Waals surface area contributed by atoms with Crippen LogP contribution >= 0.6 is 15.6 Å². The van der Waals surface area contributed by atoms with E-state index in [9.17, 15) is 38.8 Å². The molecule has 18 nitrogen and oxygen atoms in total. The number of carbonyl (C=O) groups excluding carboxylic acids is 2. The van der Waals surface area contributed by atoms with Gasteiger partial charge in [0.05, 0.1) is 6.61 Å². The summed E-state index contributed by atoms with van der Waals surface area (Å²) >= 11 is 0. The third-order valence-corrected chi connectivity index (χ3v) is 5.62. The van der Waals surface area contributed by atoms with Crippen molar-refractivity contribution in [2.24, 2.45) is 0 Å². The van der Waals surface area contributed by atoms with Gasteiger partial charge in [0.1, 0.15) is 36.5 Å². The lowest BCUT2D eigenvalue weighted by Gasteiger charge is -2.43. The summed E-state index contributed by atoms with van der Waals surface area (Å²) in [5.74, 6) is -2.53. The first kappa shape index (κ1) is 32.5. The second kappa shape index (κ2) is 13.5. The van der Waals surface area contributed by atoms with Crippen LogP contribution in [0.25, 0.3) is 0 Å². The number of hydrogen-bond donors (Lipinski definition) is 10. The Balaban J connectivity index is 0.00000102. The molecule has 1 saturated heterocycles. The number of carbonyl (C=O) groups is 3. The molecule has 1 aliphatic rings. The molecule has 0 bridgehead atoms. The summed E-state index contributed by atoms with van der Waals surface area (Å²) < 4.78 is 32.7. The average Bonchev–Trinajstić information content (AvgIpc) is 2.64. The fourth-order valence-corrected chi connectivity index (χ4v) is 3.57. The van der Waals surface area contributed by atoms with Crippen molar-refractivity contribution in [3.63, 3.8) is 0 Å². The van der Waals surface area contributed by atoms with E-state index in [-0.39, 0.29) is 0 Å². The SMILES string of the molecule is CC(=O)N[C@@H]1[C@@H](OC(C)C(=O)N[C@@H](C)C(=O)O)[C@H](O)[C@@H](CO)O[C@@H]1O.O=P(O)(O)OP(=O)(O)O. The normalized spacial score (nSPS) is 26.9. The molecule has 1 aliphatic heterocycles. The quantitative estimate of drug-likeness (QED) is 0.125. The van der Waals surface area contributed by atoms with E-state index >= 15 is 0 Å². The molecule has 0 aromatic heterocycles. The second-order valence-corrected chi connectivity index (χ2v) is 9.45. The first-order valence-electron chi connectivity index (χ1n) is 9.19. The molecule has 0 radical (unpaired) electrons. The first-order chi connectivity index (χ1) is 15.3. The molecule has 0 aromatic carbocycles. The van der Waals surface area contributed by atoms with Gasteiger partial charge >= 0.3 is 21.6 Å². The highest BCUT2D eigenvalue weighted by molar-refractivity contribution is 7.60. The predicted molar refractivity (Wildman–Crippen MR) is 106 cm³/mol. The number of hydrogen-bond acceptors (Lipinski definition) is 11. The van der Waals surface area contributed by atoms with Crippen LogP contribution in [0.3, 0.4) is 0 Å². The van der Waals surface area contributed by atoms with Crippen LogP contribution in [0.5, 0.6) is 0 Å². The Kier molecular flexibility index (Phi) is 12.9. The van der Waals surface area contributed by atoms with Crippen LogP contribution in [-0.4, -0.2) is 107 Å². The van der Waals surface area contributed by atoms with Crippen LogP contribution in [0, 0.1) is 0 Å². The average molecular weight is 542 g/mol. The highest BCUT2D eigenvalue weighted by Gasteiger charge is 2.46. The molecule has 0 saturated carbocycles. The number of aliphatic hydroxyl groups is 3. The van der Waals surface area contributed by atoms with Gasteiger partial charge < -0.3 is 60.1 Å². The van der Waals surface area contributed by atoms with Crippen LogP contribution in [0.2, 0.25) is 0 Å². The summed E-state index contributed by atoms with van der Waals surface area (Å²) in [6.45, 7) is 3.14. The van der Waals surface area contributed by atoms with Crippen LogP contribution in [0.1, 0.15) is 20.8 Å². The van der Waals surface area contributed by atoms with Crippen molar-refractivity contribution >= 4 is 33.4 Å². The molecule has 1 heterocycles. The molecular formula is C14H28N2O16P2. The summed E-state index contributed by atoms with van der Waals surface area (Å²) in [4.78, 5) is 65.1. The number of amides is 2. The molecular weight excluding hydrogens is 514 g/mol. The van der Waals surface area contributed by atoms with E-state index in [1.54, 1.807) is 0 Å². The van der Waals surface area contributed by atoms with E-state index in [2.05, 4.69) is 14.9 Å². The van der Waals surface area contributed by atoms with E-state index in [0.29, 0.717) is 0 Å². The van der Waals surface area contributed by atoms with E-state index in [1.165, 1.54) is 20.8 Å². The Labute approximate surface area is 192 Å². The molecule has 0 aliphatic carbocycles. The van der Waals surface area contributed by atoms with Gasteiger partial charge in [0, 0.05) is 6.92 Å². The smallest absolute Gasteiger partial charge is 0.478 e. The first-order valence-corrected chi connectivity index (χ1v) is 12.3. The summed E-state index contributed by atoms with van der Waals surface area (Å²) in [7, 11) is -10.1. The highest BCUT2D eigenvalue weighted by Crippen LogP contribution is 2.53. The Morgan fingerprint density at radius 1 is 1.06 bits per heavy atom. The van der Waals surface area contributed by atoms with Crippen LogP contribution in [0.15, 0.2) is 0 Å². The van der Waals surface area contributed by atoms with Crippen molar-refractivity contribution in [1.29, 1.82) is 0 Å². The summed E-state index contributed by atoms with van der Waals surface area (Å²) in [6.07, 6.45) is -6.69. The third-order valence-electron chi connectivity index (χ3n) is 3.92. The Hall–Kier alpha value is -1.53. The highest BCUT2D eigenvalue weighted by atomic mass is 31.3. The minimum atomic E-state index is -5.05. The lowest BCUT2D eigenvalue weighted by atomic mass is 9.96. The Morgan fingerprint density at radius 3 is 1.91 bits per heavy atom. The molecule has 1 unspecified atom stereocenters. The van der Waals surface area contributed by atoms with Crippen molar-refractivity contribution in [2.45, 2.75) is 63.6 Å². The van der Waals surface area contributed by atoms with Crippen molar-refractivity contribution < 1.29 is 77.3 Å². The number of aliphatic carboxylic acids is 1. The van der Waals surface area contributed by atoms with Crippen LogP contribution < -0.4 is 10.6 Å². The van der Waals surface area contributed by atoms with Gasteiger partial charge in [0.2, 0.25) is 11.8 Å². The lowest BCUT2D eigenvalue weighted by Crippen LogP contribution is -2.65. The van der Waals surface area contributed by atoms with Gasteiger partial charge in [-0.2, -0.15) is 4.31 Å². The molecule has 34 heavy (non-hydrogen) atoms. The summed E-state index contributed by atoms with van der Waals surface area (Å²) in [6, 6.07) is -2.34. The van der Waals surface area contributed by atoms with Crippen LogP contribution in [0.4, 0.5) is 0 Å². The van der Waals surface area contributed by atoms with E-state index in [4.69, 9.17) is 34.2 Å². The fraction of sp³-hybridized carbons (Fsp3) is 0.786. The van der Waals surface area contributed by atoms with Crippen molar-refractivity contribution in [2.75, 3.05) is 6.61 Å². The number of ether oxygens (including phenoxy) is 2. The molecule has 200 valence electrons. The van der Waals surface area contributed by atoms with Gasteiger partial charge in [-0.25, -0.2) is 9.13 Å². The predicted octanol–water partition coefficient (Wildman–Crippen LogP) is -3.89. The number of carboxylic acids is 1. The minimum Gasteiger partial charge on any atom is -0.480 e. The number of phosphoric acid groups is 2. The Bertz CT molecular complexity index is 779. The lowest BCUT2D eigenvalue weighted by molar-refractivity contribution is -0.266. The number of carboxylic acid groups (broad SMARTS) is 1. The standard InChI is InChI=1S/C14H24N2O9.H4O7P2/c1-5(13(21)22)15-12(20)6(2)24-11-9(16-7(3)18)14(23)25-8(4-17)10(11)19;1-8(2,3)7-9(4,5)6/h5-6,8-11,14,17,19,23H,4H2,1-3H3,(H,15,20)(H,16,18)(H,21,22);(H2,1,2,3)(H2,4,5,6)/t5-,6?,8+,9+,10+,11+,14-;/m0./s1. The zero-order valence-electron chi connectivity index (χ0n) is 18.0. The van der Waals surface area contributed by atoms with Crippen molar-refractivity contribution in [3.05, 3.63) is 0 Å². The molecule has 10 N–H and O–H groups in total. The van der Waals surface area contributed by atoms with Gasteiger partial charge in [-0.1, -0.05) is 0 Å². The number of rotatable bonds is 9. The van der Waals surface area contributed by atoms with Crippen molar-refractivity contribution in [3.8, 4) is 0 Å². The van der Waals surface area contributed by atoms with Gasteiger partial charge in [-0.05, 0) is 13.8 Å². The topological polar surface area (TPSA) is 299 Å². The third kappa shape index (κ3) is 12.3. The minimum absolute atomic E-state index is 0.535. The number of aliphatic hydroxyl groups excluding tert-OH is 3. The molecule has 20 heteroatoms. The Morgan fingerprint density at radius 2 is 1.56 bits per heavy atom. The summed E-state index contributed by atoms with van der Waals surface area (Å²) in [5, 5.41) is 42.7. The van der Waals surface area contributed by atoms with Gasteiger partial charge in [-0.3, -0.25) is 14.4 Å². The van der Waals surface area contributed by atoms with Gasteiger partial charge in [-0.15, -0.1) is 0 Å². The second-order valence-electron chi connectivity index (χ2n) is 6.84. The maximum absolute atomic E-state index is 12.0. The number of nitrogens with one attached hydrogen (secondary N) is 2. The van der Waals surface area contributed by atoms with E-state index in [1.807, 2.05) is 0 Å². The zero-order chi connectivity index (χ0) is 27.0. The molecule has 1 fully saturated rings. The van der Waals surface area contributed by atoms with Gasteiger partial charge in [0.15, 0.2) is 6.29 Å². The van der Waals surface area contributed by atoms with E-state index in [0.717, 1.165) is 0 Å². The van der Waals surface area contributed by atoms with Crippen molar-refractivity contribution in [1.82, 2.24) is 10.6 Å². The summed E-state index contributed by atoms with van der Waals surface area (Å²) in [5.41, 5.74) is 0.